The Bertz CT molecular complexity index is 429. The van der Waals surface area contributed by atoms with Gasteiger partial charge in [-0.2, -0.15) is 0 Å². The average Bonchev–Trinajstić information content (AvgIpc) is 2.86. The van der Waals surface area contributed by atoms with Crippen LogP contribution in [0.3, 0.4) is 0 Å². The maximum atomic E-state index is 11.6. The second-order valence-electron chi connectivity index (χ2n) is 5.32. The van der Waals surface area contributed by atoms with E-state index in [0.717, 1.165) is 32.1 Å². The van der Waals surface area contributed by atoms with E-state index in [1.807, 2.05) is 4.90 Å². The Hall–Kier alpha value is -1.00. The van der Waals surface area contributed by atoms with Gasteiger partial charge in [-0.15, -0.1) is 0 Å². The van der Waals surface area contributed by atoms with Gasteiger partial charge >= 0.3 is 0 Å². The van der Waals surface area contributed by atoms with Crippen molar-refractivity contribution in [3.63, 3.8) is 0 Å². The molecule has 0 N–H and O–H groups in total. The first-order valence-electron chi connectivity index (χ1n) is 7.02. The third-order valence-electron chi connectivity index (χ3n) is 4.07. The fraction of sp³-hybridized carbons (Fsp3) is 0.533. The zero-order valence-electron chi connectivity index (χ0n) is 11.1. The number of carbonyl (C=O) groups is 1. The smallest absolute Gasteiger partial charge is 0.282 e. The monoisotopic (exact) mass is 276 g/mol. The molecule has 19 heavy (non-hydrogen) atoms. The first-order valence-corrected chi connectivity index (χ1v) is 8.00. The molecule has 0 unspecified atom stereocenters. The highest BCUT2D eigenvalue weighted by Crippen LogP contribution is 2.28. The molecule has 4 heteroatoms. The van der Waals surface area contributed by atoms with Crippen LogP contribution in [0.1, 0.15) is 24.3 Å². The van der Waals surface area contributed by atoms with E-state index in [-0.39, 0.29) is 5.24 Å². The molecule has 2 heterocycles. The molecule has 0 atom stereocenters. The van der Waals surface area contributed by atoms with Crippen molar-refractivity contribution in [3.8, 4) is 0 Å². The van der Waals surface area contributed by atoms with Crippen molar-refractivity contribution in [1.29, 1.82) is 0 Å². The molecule has 0 aromatic heterocycles. The van der Waals surface area contributed by atoms with Crippen molar-refractivity contribution in [2.45, 2.75) is 18.8 Å². The third-order valence-corrected chi connectivity index (χ3v) is 4.97. The number of benzene rings is 1. The predicted molar refractivity (Wildman–Crippen MR) is 79.4 cm³/mol. The Morgan fingerprint density at radius 1 is 1.11 bits per heavy atom. The van der Waals surface area contributed by atoms with Crippen LogP contribution in [0.4, 0.5) is 4.79 Å². The van der Waals surface area contributed by atoms with E-state index in [0.29, 0.717) is 5.92 Å². The van der Waals surface area contributed by atoms with Crippen molar-refractivity contribution in [1.82, 2.24) is 9.80 Å². The fourth-order valence-corrected chi connectivity index (χ4v) is 3.75. The number of hydrogen-bond donors (Lipinski definition) is 0. The van der Waals surface area contributed by atoms with Crippen LogP contribution in [0.25, 0.3) is 0 Å². The highest BCUT2D eigenvalue weighted by atomic mass is 32.2. The molecular weight excluding hydrogens is 256 g/mol. The zero-order chi connectivity index (χ0) is 13.1. The average molecular weight is 276 g/mol. The summed E-state index contributed by atoms with van der Waals surface area (Å²) in [6, 6.07) is 10.8. The predicted octanol–water partition coefficient (Wildman–Crippen LogP) is 2.99. The van der Waals surface area contributed by atoms with Crippen LogP contribution in [0.5, 0.6) is 0 Å². The van der Waals surface area contributed by atoms with Crippen LogP contribution in [-0.2, 0) is 0 Å². The molecular formula is C15H20N2OS. The number of thioether (sulfide) groups is 1. The van der Waals surface area contributed by atoms with Crippen LogP contribution >= 0.6 is 11.8 Å². The molecule has 2 fully saturated rings. The Morgan fingerprint density at radius 3 is 2.47 bits per heavy atom. The third kappa shape index (κ3) is 3.12. The number of carbonyl (C=O) groups excluding carboxylic acids is 1. The molecule has 3 rings (SSSR count). The van der Waals surface area contributed by atoms with Gasteiger partial charge in [0.2, 0.25) is 0 Å². The van der Waals surface area contributed by atoms with Crippen LogP contribution < -0.4 is 0 Å². The molecule has 3 nitrogen and oxygen atoms in total. The van der Waals surface area contributed by atoms with Gasteiger partial charge in [-0.1, -0.05) is 42.1 Å². The largest absolute Gasteiger partial charge is 0.320 e. The summed E-state index contributed by atoms with van der Waals surface area (Å²) in [7, 11) is 0. The standard InChI is InChI=1S/C15H20N2OS/c18-15-17(10-11-19-15)12-16-8-6-14(7-9-16)13-4-2-1-3-5-13/h1-5,14H,6-12H2. The van der Waals surface area contributed by atoms with Gasteiger partial charge in [0.1, 0.15) is 0 Å². The molecule has 102 valence electrons. The quantitative estimate of drug-likeness (QED) is 0.848. The van der Waals surface area contributed by atoms with Crippen molar-refractivity contribution in [2.75, 3.05) is 32.1 Å². The maximum Gasteiger partial charge on any atom is 0.282 e. The Morgan fingerprint density at radius 2 is 1.84 bits per heavy atom. The van der Waals surface area contributed by atoms with Gasteiger partial charge in [0.25, 0.3) is 5.24 Å². The number of likely N-dealkylation sites (tertiary alicyclic amines) is 1. The molecule has 1 amide bonds. The maximum absolute atomic E-state index is 11.6. The van der Waals surface area contributed by atoms with E-state index < -0.39 is 0 Å². The van der Waals surface area contributed by atoms with E-state index in [2.05, 4.69) is 35.2 Å². The molecule has 0 radical (unpaired) electrons. The lowest BCUT2D eigenvalue weighted by atomic mass is 9.90. The zero-order valence-corrected chi connectivity index (χ0v) is 11.9. The Balaban J connectivity index is 1.51. The van der Waals surface area contributed by atoms with Gasteiger partial charge in [-0.3, -0.25) is 9.69 Å². The van der Waals surface area contributed by atoms with Crippen LogP contribution in [-0.4, -0.2) is 47.1 Å². The van der Waals surface area contributed by atoms with Crippen molar-refractivity contribution in [2.24, 2.45) is 0 Å². The van der Waals surface area contributed by atoms with Crippen molar-refractivity contribution in [3.05, 3.63) is 35.9 Å². The topological polar surface area (TPSA) is 23.6 Å². The first kappa shape index (κ1) is 13.0. The number of rotatable bonds is 3. The number of nitrogens with zero attached hydrogens (tertiary/aromatic N) is 2. The van der Waals surface area contributed by atoms with Gasteiger partial charge in [0.15, 0.2) is 0 Å². The van der Waals surface area contributed by atoms with Gasteiger partial charge in [-0.05, 0) is 24.3 Å². The van der Waals surface area contributed by atoms with Gasteiger partial charge in [-0.25, -0.2) is 0 Å². The molecule has 2 saturated heterocycles. The highest BCUT2D eigenvalue weighted by molar-refractivity contribution is 8.13. The van der Waals surface area contributed by atoms with E-state index >= 15 is 0 Å². The summed E-state index contributed by atoms with van der Waals surface area (Å²) in [5.74, 6) is 1.65. The molecule has 0 bridgehead atoms. The second-order valence-corrected chi connectivity index (χ2v) is 6.37. The molecule has 0 saturated carbocycles. The summed E-state index contributed by atoms with van der Waals surface area (Å²) in [6.45, 7) is 3.96. The van der Waals surface area contributed by atoms with Crippen molar-refractivity contribution >= 4 is 17.0 Å². The SMILES string of the molecule is O=C1SCCN1CN1CCC(c2ccccc2)CC1. The van der Waals surface area contributed by atoms with Crippen LogP contribution in [0.2, 0.25) is 0 Å². The molecule has 0 spiro atoms. The van der Waals surface area contributed by atoms with E-state index in [9.17, 15) is 4.79 Å². The van der Waals surface area contributed by atoms with Gasteiger partial charge in [0, 0.05) is 25.4 Å². The fourth-order valence-electron chi connectivity index (χ4n) is 2.93. The number of hydrogen-bond acceptors (Lipinski definition) is 3. The molecule has 0 aliphatic carbocycles. The van der Waals surface area contributed by atoms with E-state index in [1.54, 1.807) is 0 Å². The molecule has 2 aliphatic heterocycles. The summed E-state index contributed by atoms with van der Waals surface area (Å²) >= 11 is 1.45. The van der Waals surface area contributed by atoms with Crippen LogP contribution in [0, 0.1) is 0 Å². The minimum absolute atomic E-state index is 0.255. The Labute approximate surface area is 119 Å². The number of piperidine rings is 1. The summed E-state index contributed by atoms with van der Waals surface area (Å²) in [5, 5.41) is 0.255. The molecule has 2 aliphatic rings. The summed E-state index contributed by atoms with van der Waals surface area (Å²) < 4.78 is 0. The van der Waals surface area contributed by atoms with E-state index in [4.69, 9.17) is 0 Å². The second kappa shape index (κ2) is 5.97. The van der Waals surface area contributed by atoms with E-state index in [1.165, 1.54) is 30.2 Å². The van der Waals surface area contributed by atoms with Crippen LogP contribution in [0.15, 0.2) is 30.3 Å². The summed E-state index contributed by atoms with van der Waals surface area (Å²) in [4.78, 5) is 16.0. The van der Waals surface area contributed by atoms with Gasteiger partial charge < -0.3 is 4.90 Å². The lowest BCUT2D eigenvalue weighted by Crippen LogP contribution is -2.42. The lowest BCUT2D eigenvalue weighted by molar-refractivity contribution is 0.136. The van der Waals surface area contributed by atoms with Gasteiger partial charge in [0.05, 0.1) is 6.67 Å². The summed E-state index contributed by atoms with van der Waals surface area (Å²) in [5.41, 5.74) is 1.47. The highest BCUT2D eigenvalue weighted by Gasteiger charge is 2.26. The first-order chi connectivity index (χ1) is 9.33. The minimum Gasteiger partial charge on any atom is -0.320 e. The molecule has 1 aromatic rings. The normalized spacial score (nSPS) is 22.1. The Kier molecular flexibility index (Phi) is 4.09. The minimum atomic E-state index is 0.255. The number of amides is 1. The summed E-state index contributed by atoms with van der Waals surface area (Å²) in [6.07, 6.45) is 2.42. The lowest BCUT2D eigenvalue weighted by Gasteiger charge is -2.34. The van der Waals surface area contributed by atoms with Crippen molar-refractivity contribution < 1.29 is 4.79 Å². The molecule has 1 aromatic carbocycles.